The molecule has 0 amide bonds. The van der Waals surface area contributed by atoms with Crippen LogP contribution in [0.1, 0.15) is 11.1 Å². The maximum atomic E-state index is 8.89. The van der Waals surface area contributed by atoms with Gasteiger partial charge >= 0.3 is 0 Å². The number of thioether (sulfide) groups is 1. The van der Waals surface area contributed by atoms with E-state index in [1.54, 1.807) is 4.90 Å². The first-order chi connectivity index (χ1) is 13.2. The minimum atomic E-state index is 0.723. The van der Waals surface area contributed by atoms with E-state index in [0.29, 0.717) is 0 Å². The molecule has 4 nitrogen and oxygen atoms in total. The Hall–Kier alpha value is -2.07. The molecule has 2 N–H and O–H groups in total. The van der Waals surface area contributed by atoms with Gasteiger partial charge in [0.25, 0.3) is 0 Å². The standard InChI is InChI=1S/C21H24N4S2/c22-16-18-6-8-19(9-7-18)17-24-11-13-25(14-12-24)21(26)23-10-15-27-20-4-2-1-3-5-20/h1-9H,10-15,17H2,(H,23,26)/p+1. The molecule has 6 heteroatoms. The average molecular weight is 398 g/mol. The van der Waals surface area contributed by atoms with E-state index in [1.807, 2.05) is 30.0 Å². The van der Waals surface area contributed by atoms with Gasteiger partial charge in [0, 0.05) is 22.8 Å². The Kier molecular flexibility index (Phi) is 7.52. The van der Waals surface area contributed by atoms with Crippen LogP contribution in [0.2, 0.25) is 0 Å². The summed E-state index contributed by atoms with van der Waals surface area (Å²) >= 11 is 7.41. The largest absolute Gasteiger partial charge is 0.362 e. The number of piperazine rings is 1. The Labute approximate surface area is 171 Å². The molecule has 0 bridgehead atoms. The van der Waals surface area contributed by atoms with Crippen LogP contribution in [-0.4, -0.2) is 48.5 Å². The summed E-state index contributed by atoms with van der Waals surface area (Å²) in [6, 6.07) is 20.6. The lowest BCUT2D eigenvalue weighted by Gasteiger charge is -2.34. The summed E-state index contributed by atoms with van der Waals surface area (Å²) in [5.41, 5.74) is 2.01. The number of thiocarbonyl (C=S) groups is 1. The van der Waals surface area contributed by atoms with E-state index in [1.165, 1.54) is 10.5 Å². The molecule has 1 aliphatic rings. The number of hydrogen-bond acceptors (Lipinski definition) is 3. The van der Waals surface area contributed by atoms with Crippen molar-refractivity contribution in [3.05, 3.63) is 65.7 Å². The second-order valence-electron chi connectivity index (χ2n) is 6.62. The number of quaternary nitrogens is 1. The Morgan fingerprint density at radius 3 is 2.48 bits per heavy atom. The van der Waals surface area contributed by atoms with Crippen molar-refractivity contribution < 1.29 is 4.90 Å². The van der Waals surface area contributed by atoms with Crippen LogP contribution in [0.5, 0.6) is 0 Å². The zero-order valence-corrected chi connectivity index (χ0v) is 17.0. The highest BCUT2D eigenvalue weighted by Crippen LogP contribution is 2.15. The van der Waals surface area contributed by atoms with Crippen molar-refractivity contribution in [3.8, 4) is 6.07 Å². The predicted molar refractivity (Wildman–Crippen MR) is 115 cm³/mol. The molecule has 1 heterocycles. The molecule has 140 valence electrons. The molecule has 3 rings (SSSR count). The van der Waals surface area contributed by atoms with Crippen molar-refractivity contribution in [1.29, 1.82) is 5.26 Å². The smallest absolute Gasteiger partial charge is 0.169 e. The Morgan fingerprint density at radius 1 is 1.11 bits per heavy atom. The van der Waals surface area contributed by atoms with Gasteiger partial charge in [-0.05, 0) is 36.5 Å². The topological polar surface area (TPSA) is 43.5 Å². The zero-order chi connectivity index (χ0) is 18.9. The molecule has 1 saturated heterocycles. The van der Waals surface area contributed by atoms with Gasteiger partial charge in [-0.2, -0.15) is 5.26 Å². The molecule has 2 aromatic rings. The van der Waals surface area contributed by atoms with Gasteiger partial charge in [0.05, 0.1) is 37.8 Å². The Balaban J connectivity index is 1.34. The second-order valence-corrected chi connectivity index (χ2v) is 8.17. The molecule has 0 aliphatic carbocycles. The maximum Gasteiger partial charge on any atom is 0.169 e. The summed E-state index contributed by atoms with van der Waals surface area (Å²) in [4.78, 5) is 5.15. The summed E-state index contributed by atoms with van der Waals surface area (Å²) in [5, 5.41) is 13.2. The third kappa shape index (κ3) is 6.24. The van der Waals surface area contributed by atoms with Crippen LogP contribution in [-0.2, 0) is 6.54 Å². The van der Waals surface area contributed by atoms with Crippen LogP contribution in [0.15, 0.2) is 59.5 Å². The zero-order valence-electron chi connectivity index (χ0n) is 15.4. The van der Waals surface area contributed by atoms with E-state index in [9.17, 15) is 0 Å². The highest BCUT2D eigenvalue weighted by atomic mass is 32.2. The van der Waals surface area contributed by atoms with Crippen LogP contribution in [0.3, 0.4) is 0 Å². The van der Waals surface area contributed by atoms with Crippen molar-refractivity contribution in [3.63, 3.8) is 0 Å². The SMILES string of the molecule is N#Cc1ccc(C[NH+]2CCN(C(=S)NCCSc3ccccc3)CC2)cc1. The minimum Gasteiger partial charge on any atom is -0.362 e. The molecule has 0 aromatic heterocycles. The van der Waals surface area contributed by atoms with Crippen LogP contribution in [0, 0.1) is 11.3 Å². The number of nitriles is 1. The van der Waals surface area contributed by atoms with Crippen molar-refractivity contribution in [2.45, 2.75) is 11.4 Å². The van der Waals surface area contributed by atoms with Crippen molar-refractivity contribution in [2.24, 2.45) is 0 Å². The van der Waals surface area contributed by atoms with Crippen molar-refractivity contribution in [1.82, 2.24) is 10.2 Å². The number of rotatable bonds is 6. The van der Waals surface area contributed by atoms with E-state index in [2.05, 4.69) is 52.7 Å². The van der Waals surface area contributed by atoms with Gasteiger partial charge in [0.15, 0.2) is 5.11 Å². The van der Waals surface area contributed by atoms with E-state index in [-0.39, 0.29) is 0 Å². The van der Waals surface area contributed by atoms with Gasteiger partial charge in [-0.15, -0.1) is 11.8 Å². The van der Waals surface area contributed by atoms with E-state index < -0.39 is 0 Å². The van der Waals surface area contributed by atoms with Gasteiger partial charge in [-0.1, -0.05) is 30.3 Å². The fourth-order valence-corrected chi connectivity index (χ4v) is 4.22. The maximum absolute atomic E-state index is 8.89. The fraction of sp³-hybridized carbons (Fsp3) is 0.333. The predicted octanol–water partition coefficient (Wildman–Crippen LogP) is 1.93. The normalized spacial score (nSPS) is 14.6. The lowest BCUT2D eigenvalue weighted by atomic mass is 10.1. The summed E-state index contributed by atoms with van der Waals surface area (Å²) in [5.74, 6) is 1.01. The van der Waals surface area contributed by atoms with Crippen LogP contribution in [0.25, 0.3) is 0 Å². The summed E-state index contributed by atoms with van der Waals surface area (Å²) < 4.78 is 0. The lowest BCUT2D eigenvalue weighted by molar-refractivity contribution is -0.917. The van der Waals surface area contributed by atoms with Crippen molar-refractivity contribution in [2.75, 3.05) is 38.5 Å². The molecule has 1 aliphatic heterocycles. The highest BCUT2D eigenvalue weighted by Gasteiger charge is 2.21. The number of benzene rings is 2. The number of hydrogen-bond donors (Lipinski definition) is 2. The van der Waals surface area contributed by atoms with Crippen LogP contribution in [0.4, 0.5) is 0 Å². The first-order valence-corrected chi connectivity index (χ1v) is 10.7. The highest BCUT2D eigenvalue weighted by molar-refractivity contribution is 7.99. The van der Waals surface area contributed by atoms with Crippen LogP contribution < -0.4 is 10.2 Å². The Bertz CT molecular complexity index is 763. The second kappa shape index (κ2) is 10.3. The molecule has 1 fully saturated rings. The van der Waals surface area contributed by atoms with Crippen LogP contribution >= 0.6 is 24.0 Å². The molecule has 2 aromatic carbocycles. The average Bonchev–Trinajstić information content (AvgIpc) is 2.73. The molecular weight excluding hydrogens is 372 g/mol. The summed E-state index contributed by atoms with van der Waals surface area (Å²) in [6.07, 6.45) is 0. The van der Waals surface area contributed by atoms with E-state index in [0.717, 1.165) is 55.7 Å². The first-order valence-electron chi connectivity index (χ1n) is 9.28. The molecule has 0 radical (unpaired) electrons. The summed E-state index contributed by atoms with van der Waals surface area (Å²) in [7, 11) is 0. The van der Waals surface area contributed by atoms with Crippen molar-refractivity contribution >= 4 is 29.1 Å². The monoisotopic (exact) mass is 397 g/mol. The van der Waals surface area contributed by atoms with Gasteiger partial charge in [0.1, 0.15) is 6.54 Å². The van der Waals surface area contributed by atoms with Gasteiger partial charge in [-0.3, -0.25) is 0 Å². The van der Waals surface area contributed by atoms with E-state index in [4.69, 9.17) is 17.5 Å². The molecule has 27 heavy (non-hydrogen) atoms. The number of nitrogens with zero attached hydrogens (tertiary/aromatic N) is 2. The molecule has 0 spiro atoms. The minimum absolute atomic E-state index is 0.723. The summed E-state index contributed by atoms with van der Waals surface area (Å²) in [6.45, 7) is 6.04. The van der Waals surface area contributed by atoms with Gasteiger partial charge in [-0.25, -0.2) is 0 Å². The molecule has 0 saturated carbocycles. The molecule has 0 atom stereocenters. The quantitative estimate of drug-likeness (QED) is 0.443. The molecular formula is C21H25N4S2+. The van der Waals surface area contributed by atoms with E-state index >= 15 is 0 Å². The number of nitrogens with one attached hydrogen (secondary N) is 2. The third-order valence-electron chi connectivity index (χ3n) is 4.69. The molecule has 0 unspecified atom stereocenters. The fourth-order valence-electron chi connectivity index (χ4n) is 3.14. The van der Waals surface area contributed by atoms with Gasteiger partial charge < -0.3 is 15.1 Å². The third-order valence-corrected chi connectivity index (χ3v) is 6.10. The first kappa shape index (κ1) is 19.7. The Morgan fingerprint density at radius 2 is 1.81 bits per heavy atom. The van der Waals surface area contributed by atoms with Gasteiger partial charge in [0.2, 0.25) is 0 Å². The lowest BCUT2D eigenvalue weighted by Crippen LogP contribution is -3.13.